The van der Waals surface area contributed by atoms with Crippen LogP contribution in [0, 0.1) is 0 Å². The standard InChI is InChI=1S/C15H18N4O2/c1-5-9-6-12(19(2)18-9)15-16-10-7-13(20-3)14(21-4)8-11(10)17-15/h6-8H,5H2,1-4H3,(H,16,17). The van der Waals surface area contributed by atoms with Crippen LogP contribution in [0.5, 0.6) is 11.5 Å². The molecule has 3 rings (SSSR count). The first kappa shape index (κ1) is 13.5. The molecule has 1 aromatic carbocycles. The van der Waals surface area contributed by atoms with Crippen LogP contribution in [-0.2, 0) is 13.5 Å². The second-order valence-electron chi connectivity index (χ2n) is 4.81. The van der Waals surface area contributed by atoms with Crippen molar-refractivity contribution in [2.24, 2.45) is 7.05 Å². The van der Waals surface area contributed by atoms with Crippen LogP contribution < -0.4 is 9.47 Å². The Bertz CT molecular complexity index is 747. The Kier molecular flexibility index (Phi) is 3.29. The monoisotopic (exact) mass is 286 g/mol. The van der Waals surface area contributed by atoms with Crippen molar-refractivity contribution >= 4 is 11.0 Å². The normalized spacial score (nSPS) is 11.0. The summed E-state index contributed by atoms with van der Waals surface area (Å²) in [5, 5.41) is 4.45. The van der Waals surface area contributed by atoms with Crippen LogP contribution in [0.1, 0.15) is 12.6 Å². The molecule has 0 saturated heterocycles. The number of imidazole rings is 1. The number of fused-ring (bicyclic) bond motifs is 1. The molecule has 3 aromatic rings. The predicted octanol–water partition coefficient (Wildman–Crippen LogP) is 2.54. The molecule has 0 aliphatic rings. The Morgan fingerprint density at radius 1 is 1.14 bits per heavy atom. The van der Waals surface area contributed by atoms with Gasteiger partial charge in [0, 0.05) is 19.2 Å². The molecule has 1 N–H and O–H groups in total. The smallest absolute Gasteiger partial charge is 0.163 e. The third-order valence-corrected chi connectivity index (χ3v) is 3.52. The topological polar surface area (TPSA) is 65.0 Å². The van der Waals surface area contributed by atoms with Gasteiger partial charge in [-0.15, -0.1) is 0 Å². The van der Waals surface area contributed by atoms with E-state index in [1.807, 2.05) is 29.9 Å². The summed E-state index contributed by atoms with van der Waals surface area (Å²) in [5.41, 5.74) is 3.74. The minimum Gasteiger partial charge on any atom is -0.493 e. The number of methoxy groups -OCH3 is 2. The summed E-state index contributed by atoms with van der Waals surface area (Å²) in [4.78, 5) is 7.93. The number of hydrogen-bond donors (Lipinski definition) is 1. The Hall–Kier alpha value is -2.50. The molecule has 6 heteroatoms. The highest BCUT2D eigenvalue weighted by Gasteiger charge is 2.14. The highest BCUT2D eigenvalue weighted by Crippen LogP contribution is 2.32. The van der Waals surface area contributed by atoms with E-state index in [0.29, 0.717) is 11.5 Å². The van der Waals surface area contributed by atoms with Gasteiger partial charge < -0.3 is 14.5 Å². The lowest BCUT2D eigenvalue weighted by Crippen LogP contribution is -1.95. The average Bonchev–Trinajstić information content (AvgIpc) is 3.07. The van der Waals surface area contributed by atoms with Crippen LogP contribution in [0.4, 0.5) is 0 Å². The van der Waals surface area contributed by atoms with E-state index in [4.69, 9.17) is 9.47 Å². The summed E-state index contributed by atoms with van der Waals surface area (Å²) in [7, 11) is 5.16. The number of aryl methyl sites for hydroxylation is 2. The summed E-state index contributed by atoms with van der Waals surface area (Å²) >= 11 is 0. The Labute approximate surface area is 122 Å². The second-order valence-corrected chi connectivity index (χ2v) is 4.81. The first-order valence-corrected chi connectivity index (χ1v) is 6.81. The molecule has 0 amide bonds. The van der Waals surface area contributed by atoms with E-state index >= 15 is 0 Å². The third-order valence-electron chi connectivity index (χ3n) is 3.52. The first-order chi connectivity index (χ1) is 10.2. The molecule has 21 heavy (non-hydrogen) atoms. The fourth-order valence-electron chi connectivity index (χ4n) is 2.38. The fraction of sp³-hybridized carbons (Fsp3) is 0.333. The van der Waals surface area contributed by atoms with Gasteiger partial charge in [-0.2, -0.15) is 5.10 Å². The Balaban J connectivity index is 2.14. The molecule has 0 aliphatic heterocycles. The molecule has 6 nitrogen and oxygen atoms in total. The van der Waals surface area contributed by atoms with Crippen molar-refractivity contribution in [3.8, 4) is 23.0 Å². The lowest BCUT2D eigenvalue weighted by Gasteiger charge is -2.06. The molecule has 0 aliphatic carbocycles. The zero-order valence-corrected chi connectivity index (χ0v) is 12.6. The number of benzene rings is 1. The quantitative estimate of drug-likeness (QED) is 0.800. The number of hydrogen-bond acceptors (Lipinski definition) is 4. The summed E-state index contributed by atoms with van der Waals surface area (Å²) < 4.78 is 12.5. The molecule has 110 valence electrons. The van der Waals surface area contributed by atoms with E-state index in [2.05, 4.69) is 22.0 Å². The molecule has 2 heterocycles. The summed E-state index contributed by atoms with van der Waals surface area (Å²) in [6.07, 6.45) is 0.899. The van der Waals surface area contributed by atoms with E-state index in [1.165, 1.54) is 0 Å². The number of H-pyrrole nitrogens is 1. The number of nitrogens with one attached hydrogen (secondary N) is 1. The molecule has 0 saturated carbocycles. The predicted molar refractivity (Wildman–Crippen MR) is 80.8 cm³/mol. The highest BCUT2D eigenvalue weighted by atomic mass is 16.5. The van der Waals surface area contributed by atoms with Crippen LogP contribution in [0.3, 0.4) is 0 Å². The van der Waals surface area contributed by atoms with E-state index in [1.54, 1.807) is 14.2 Å². The number of nitrogens with zero attached hydrogens (tertiary/aromatic N) is 3. The average molecular weight is 286 g/mol. The maximum absolute atomic E-state index is 5.31. The van der Waals surface area contributed by atoms with Gasteiger partial charge >= 0.3 is 0 Å². The summed E-state index contributed by atoms with van der Waals surface area (Å²) in [6.45, 7) is 2.08. The lowest BCUT2D eigenvalue weighted by atomic mass is 10.3. The van der Waals surface area contributed by atoms with Crippen molar-refractivity contribution in [1.82, 2.24) is 19.7 Å². The van der Waals surface area contributed by atoms with Gasteiger partial charge in [0.05, 0.1) is 30.9 Å². The lowest BCUT2D eigenvalue weighted by molar-refractivity contribution is 0.356. The summed E-state index contributed by atoms with van der Waals surface area (Å²) in [5.74, 6) is 2.14. The zero-order valence-electron chi connectivity index (χ0n) is 12.6. The van der Waals surface area contributed by atoms with Crippen LogP contribution >= 0.6 is 0 Å². The molecule has 2 aromatic heterocycles. The molecule has 0 atom stereocenters. The van der Waals surface area contributed by atoms with E-state index < -0.39 is 0 Å². The van der Waals surface area contributed by atoms with E-state index in [9.17, 15) is 0 Å². The van der Waals surface area contributed by atoms with E-state index in [0.717, 1.165) is 34.7 Å². The van der Waals surface area contributed by atoms with Crippen LogP contribution in [0.25, 0.3) is 22.6 Å². The molecule has 0 unspecified atom stereocenters. The van der Waals surface area contributed by atoms with Crippen LogP contribution in [-0.4, -0.2) is 34.0 Å². The van der Waals surface area contributed by atoms with Gasteiger partial charge in [0.15, 0.2) is 17.3 Å². The van der Waals surface area contributed by atoms with Gasteiger partial charge in [-0.25, -0.2) is 4.98 Å². The second kappa shape index (κ2) is 5.12. The minimum absolute atomic E-state index is 0.669. The van der Waals surface area contributed by atoms with Gasteiger partial charge in [-0.05, 0) is 12.5 Å². The van der Waals surface area contributed by atoms with Gasteiger partial charge in [-0.3, -0.25) is 4.68 Å². The van der Waals surface area contributed by atoms with Crippen LogP contribution in [0.2, 0.25) is 0 Å². The van der Waals surface area contributed by atoms with Gasteiger partial charge in [0.25, 0.3) is 0 Å². The highest BCUT2D eigenvalue weighted by molar-refractivity contribution is 5.82. The van der Waals surface area contributed by atoms with Crippen molar-refractivity contribution in [1.29, 1.82) is 0 Å². The molecule has 0 fully saturated rings. The SMILES string of the molecule is CCc1cc(-c2nc3cc(OC)c(OC)cc3[nH]2)n(C)n1. The minimum atomic E-state index is 0.669. The van der Waals surface area contributed by atoms with Crippen molar-refractivity contribution < 1.29 is 9.47 Å². The Morgan fingerprint density at radius 2 is 1.86 bits per heavy atom. The fourth-order valence-corrected chi connectivity index (χ4v) is 2.38. The van der Waals surface area contributed by atoms with Gasteiger partial charge in [-0.1, -0.05) is 6.92 Å². The third kappa shape index (κ3) is 2.22. The molecule has 0 spiro atoms. The number of aromatic nitrogens is 4. The molecule has 0 radical (unpaired) electrons. The number of rotatable bonds is 4. The van der Waals surface area contributed by atoms with Gasteiger partial charge in [0.1, 0.15) is 5.69 Å². The molecule has 0 bridgehead atoms. The maximum atomic E-state index is 5.31. The molecular weight excluding hydrogens is 268 g/mol. The first-order valence-electron chi connectivity index (χ1n) is 6.81. The van der Waals surface area contributed by atoms with Crippen molar-refractivity contribution in [3.05, 3.63) is 23.9 Å². The largest absolute Gasteiger partial charge is 0.493 e. The molecular formula is C15H18N4O2. The Morgan fingerprint density at radius 3 is 2.48 bits per heavy atom. The van der Waals surface area contributed by atoms with E-state index in [-0.39, 0.29) is 0 Å². The maximum Gasteiger partial charge on any atom is 0.163 e. The zero-order chi connectivity index (χ0) is 15.0. The van der Waals surface area contributed by atoms with Crippen molar-refractivity contribution in [2.75, 3.05) is 14.2 Å². The number of aromatic amines is 1. The van der Waals surface area contributed by atoms with Crippen LogP contribution in [0.15, 0.2) is 18.2 Å². The van der Waals surface area contributed by atoms with Crippen molar-refractivity contribution in [3.63, 3.8) is 0 Å². The van der Waals surface area contributed by atoms with Gasteiger partial charge in [0.2, 0.25) is 0 Å². The number of ether oxygens (including phenoxy) is 2. The summed E-state index contributed by atoms with van der Waals surface area (Å²) in [6, 6.07) is 5.80. The van der Waals surface area contributed by atoms with Crippen molar-refractivity contribution in [2.45, 2.75) is 13.3 Å².